The van der Waals surface area contributed by atoms with Crippen LogP contribution in [0.3, 0.4) is 0 Å². The van der Waals surface area contributed by atoms with Crippen molar-refractivity contribution in [3.8, 4) is 28.1 Å². The predicted molar refractivity (Wildman–Crippen MR) is 155 cm³/mol. The normalized spacial score (nSPS) is 15.1. The highest BCUT2D eigenvalue weighted by Crippen LogP contribution is 2.35. The van der Waals surface area contributed by atoms with E-state index in [4.69, 9.17) is 4.74 Å². The Hall–Kier alpha value is -4.02. The van der Waals surface area contributed by atoms with Gasteiger partial charge in [-0.2, -0.15) is 5.10 Å². The van der Waals surface area contributed by atoms with Crippen LogP contribution in [0.5, 0.6) is 5.88 Å². The number of ether oxygens (including phenoxy) is 1. The Kier molecular flexibility index (Phi) is 6.89. The fourth-order valence-corrected chi connectivity index (χ4v) is 6.58. The zero-order valence-corrected chi connectivity index (χ0v) is 23.7. The van der Waals surface area contributed by atoms with E-state index < -0.39 is 10.0 Å². The number of likely N-dealkylation sites (tertiary alicyclic amines) is 1. The van der Waals surface area contributed by atoms with E-state index in [1.165, 1.54) is 16.8 Å². The number of piperidine rings is 1. The van der Waals surface area contributed by atoms with E-state index in [9.17, 15) is 8.42 Å². The Morgan fingerprint density at radius 1 is 0.925 bits per heavy atom. The van der Waals surface area contributed by atoms with Crippen molar-refractivity contribution in [2.75, 3.05) is 27.2 Å². The molecule has 40 heavy (non-hydrogen) atoms. The number of benzene rings is 1. The standard InChI is InChI=1S/C30H32N6O3S/c1-21-4-7-26(8-5-21)40(37,38)36-20-28(23-6-9-29(39-3)31-15-23)27-14-24(16-32-30(27)36)25-17-33-35(19-25)18-22-10-12-34(2)13-11-22/h4-9,14-17,19-20,22H,10-13,18H2,1-3H3. The first-order valence-corrected chi connectivity index (χ1v) is 14.8. The monoisotopic (exact) mass is 556 g/mol. The quantitative estimate of drug-likeness (QED) is 0.283. The molecule has 5 aromatic rings. The molecule has 1 aliphatic rings. The molecule has 1 fully saturated rings. The van der Waals surface area contributed by atoms with Crippen LogP contribution in [0.2, 0.25) is 0 Å². The van der Waals surface area contributed by atoms with Gasteiger partial charge in [0.05, 0.1) is 18.2 Å². The Morgan fingerprint density at radius 2 is 1.68 bits per heavy atom. The smallest absolute Gasteiger partial charge is 0.269 e. The van der Waals surface area contributed by atoms with Crippen LogP contribution in [0.15, 0.2) is 78.3 Å². The van der Waals surface area contributed by atoms with Crippen LogP contribution in [0.25, 0.3) is 33.3 Å². The summed E-state index contributed by atoms with van der Waals surface area (Å²) in [6.45, 7) is 5.04. The highest BCUT2D eigenvalue weighted by Gasteiger charge is 2.24. The van der Waals surface area contributed by atoms with E-state index >= 15 is 0 Å². The Labute approximate surface area is 234 Å². The molecule has 0 radical (unpaired) electrons. The number of fused-ring (bicyclic) bond motifs is 1. The van der Waals surface area contributed by atoms with Crippen LogP contribution < -0.4 is 4.74 Å². The van der Waals surface area contributed by atoms with Crippen LogP contribution in [0.4, 0.5) is 0 Å². The van der Waals surface area contributed by atoms with Gasteiger partial charge in [0.2, 0.25) is 5.88 Å². The lowest BCUT2D eigenvalue weighted by Gasteiger charge is -2.28. The molecule has 5 heterocycles. The molecule has 0 amide bonds. The van der Waals surface area contributed by atoms with Crippen molar-refractivity contribution in [2.45, 2.75) is 31.2 Å². The third kappa shape index (κ3) is 5.00. The van der Waals surface area contributed by atoms with Gasteiger partial charge in [0.25, 0.3) is 10.0 Å². The van der Waals surface area contributed by atoms with E-state index in [2.05, 4.69) is 33.2 Å². The summed E-state index contributed by atoms with van der Waals surface area (Å²) >= 11 is 0. The Balaban J connectivity index is 1.42. The molecule has 1 saturated heterocycles. The number of hydrogen-bond acceptors (Lipinski definition) is 7. The van der Waals surface area contributed by atoms with Crippen LogP contribution in [0, 0.1) is 12.8 Å². The maximum Gasteiger partial charge on any atom is 0.269 e. The summed E-state index contributed by atoms with van der Waals surface area (Å²) in [6, 6.07) is 12.5. The first-order chi connectivity index (χ1) is 19.3. The molecular formula is C30H32N6O3S. The van der Waals surface area contributed by atoms with E-state index in [-0.39, 0.29) is 4.90 Å². The minimum Gasteiger partial charge on any atom is -0.481 e. The second-order valence-corrected chi connectivity index (χ2v) is 12.4. The second-order valence-electron chi connectivity index (χ2n) is 10.5. The minimum absolute atomic E-state index is 0.204. The Bertz CT molecular complexity index is 1750. The van der Waals surface area contributed by atoms with Gasteiger partial charge >= 0.3 is 0 Å². The molecule has 0 N–H and O–H groups in total. The summed E-state index contributed by atoms with van der Waals surface area (Å²) in [5, 5.41) is 5.34. The van der Waals surface area contributed by atoms with E-state index in [0.29, 0.717) is 28.4 Å². The lowest BCUT2D eigenvalue weighted by molar-refractivity contribution is 0.201. The van der Waals surface area contributed by atoms with Crippen LogP contribution in [-0.4, -0.2) is 64.3 Å². The number of pyridine rings is 2. The number of hydrogen-bond donors (Lipinski definition) is 0. The fourth-order valence-electron chi connectivity index (χ4n) is 5.26. The molecule has 0 unspecified atom stereocenters. The van der Waals surface area contributed by atoms with E-state index in [0.717, 1.165) is 41.9 Å². The van der Waals surface area contributed by atoms with Crippen molar-refractivity contribution in [2.24, 2.45) is 5.92 Å². The summed E-state index contributed by atoms with van der Waals surface area (Å²) in [4.78, 5) is 11.6. The van der Waals surface area contributed by atoms with Crippen molar-refractivity contribution in [3.05, 3.63) is 79.0 Å². The highest BCUT2D eigenvalue weighted by atomic mass is 32.2. The second kappa shape index (κ2) is 10.5. The first kappa shape index (κ1) is 26.2. The molecule has 1 aliphatic heterocycles. The molecule has 0 spiro atoms. The van der Waals surface area contributed by atoms with Crippen molar-refractivity contribution < 1.29 is 13.2 Å². The van der Waals surface area contributed by atoms with Gasteiger partial charge in [0, 0.05) is 65.0 Å². The zero-order valence-electron chi connectivity index (χ0n) is 22.9. The van der Waals surface area contributed by atoms with Gasteiger partial charge in [-0.3, -0.25) is 4.68 Å². The van der Waals surface area contributed by atoms with Crippen LogP contribution in [-0.2, 0) is 16.6 Å². The van der Waals surface area contributed by atoms with Crippen molar-refractivity contribution in [1.82, 2.24) is 28.6 Å². The first-order valence-electron chi connectivity index (χ1n) is 13.4. The van der Waals surface area contributed by atoms with Gasteiger partial charge in [-0.25, -0.2) is 22.4 Å². The molecule has 4 aromatic heterocycles. The minimum atomic E-state index is -3.89. The zero-order chi connectivity index (χ0) is 27.9. The third-order valence-electron chi connectivity index (χ3n) is 7.70. The highest BCUT2D eigenvalue weighted by molar-refractivity contribution is 7.90. The van der Waals surface area contributed by atoms with Gasteiger partial charge in [-0.15, -0.1) is 0 Å². The predicted octanol–water partition coefficient (Wildman–Crippen LogP) is 4.86. The lowest BCUT2D eigenvalue weighted by atomic mass is 9.97. The Morgan fingerprint density at radius 3 is 2.38 bits per heavy atom. The van der Waals surface area contributed by atoms with Crippen molar-refractivity contribution in [1.29, 1.82) is 0 Å². The maximum atomic E-state index is 13.7. The molecule has 0 aliphatic carbocycles. The topological polar surface area (TPSA) is 95.1 Å². The average molecular weight is 557 g/mol. The molecule has 1 aromatic carbocycles. The third-order valence-corrected chi connectivity index (χ3v) is 9.36. The number of nitrogens with zero attached hydrogens (tertiary/aromatic N) is 6. The SMILES string of the molecule is COc1ccc(-c2cn(S(=O)(=O)c3ccc(C)cc3)c3ncc(-c4cnn(CC5CCN(C)CC5)c4)cc23)cn1. The van der Waals surface area contributed by atoms with E-state index in [1.54, 1.807) is 56.0 Å². The summed E-state index contributed by atoms with van der Waals surface area (Å²) in [7, 11) is -0.159. The molecule has 0 atom stereocenters. The van der Waals surface area contributed by atoms with Gasteiger partial charge in [0.1, 0.15) is 0 Å². The van der Waals surface area contributed by atoms with Crippen molar-refractivity contribution >= 4 is 21.1 Å². The summed E-state index contributed by atoms with van der Waals surface area (Å²) in [5.74, 6) is 1.09. The van der Waals surface area contributed by atoms with Crippen molar-refractivity contribution in [3.63, 3.8) is 0 Å². The fraction of sp³-hybridized carbons (Fsp3) is 0.300. The van der Waals surface area contributed by atoms with Crippen LogP contribution in [0.1, 0.15) is 18.4 Å². The average Bonchev–Trinajstić information content (AvgIpc) is 3.59. The van der Waals surface area contributed by atoms with Gasteiger partial charge in [-0.1, -0.05) is 17.7 Å². The van der Waals surface area contributed by atoms with Gasteiger partial charge < -0.3 is 9.64 Å². The number of aromatic nitrogens is 5. The molecule has 6 rings (SSSR count). The van der Waals surface area contributed by atoms with E-state index in [1.807, 2.05) is 29.9 Å². The number of methoxy groups -OCH3 is 1. The number of rotatable bonds is 7. The maximum absolute atomic E-state index is 13.7. The summed E-state index contributed by atoms with van der Waals surface area (Å²) in [6.07, 6.45) is 11.3. The molecule has 0 bridgehead atoms. The van der Waals surface area contributed by atoms with Crippen LogP contribution >= 0.6 is 0 Å². The van der Waals surface area contributed by atoms with Gasteiger partial charge in [0.15, 0.2) is 5.65 Å². The summed E-state index contributed by atoms with van der Waals surface area (Å²) < 4.78 is 36.0. The lowest BCUT2D eigenvalue weighted by Crippen LogP contribution is -2.31. The largest absolute Gasteiger partial charge is 0.481 e. The molecule has 206 valence electrons. The summed E-state index contributed by atoms with van der Waals surface area (Å²) in [5.41, 5.74) is 4.63. The number of aryl methyl sites for hydroxylation is 1. The molecule has 0 saturated carbocycles. The molecule has 10 heteroatoms. The van der Waals surface area contributed by atoms with Gasteiger partial charge in [-0.05, 0) is 70.1 Å². The molecular weight excluding hydrogens is 524 g/mol. The molecule has 9 nitrogen and oxygen atoms in total.